The molecule has 4 heterocycles. The average Bonchev–Trinajstić information content (AvgIpc) is 3.54. The smallest absolute Gasteiger partial charge is 0.328 e. The lowest BCUT2D eigenvalue weighted by Crippen LogP contribution is -2.42. The van der Waals surface area contributed by atoms with Crippen molar-refractivity contribution in [2.24, 2.45) is 0 Å². The SMILES string of the molecule is Cc1nc(-c2ccc3cc(-c4c(C5CCCCC5)cc(/C=C/C(=O)O)n4CC(=O)N4CCOCC4)ccc3n2)c(C)s1. The fourth-order valence-electron chi connectivity index (χ4n) is 6.32. The second-order valence-electron chi connectivity index (χ2n) is 11.2. The minimum Gasteiger partial charge on any atom is -0.478 e. The second-order valence-corrected chi connectivity index (χ2v) is 12.6. The number of carboxylic acids is 1. The summed E-state index contributed by atoms with van der Waals surface area (Å²) in [7, 11) is 0. The van der Waals surface area contributed by atoms with Gasteiger partial charge >= 0.3 is 5.97 Å². The Balaban J connectivity index is 1.46. The number of fused-ring (bicyclic) bond motifs is 1. The molecule has 1 amide bonds. The molecule has 42 heavy (non-hydrogen) atoms. The fraction of sp³-hybridized carbons (Fsp3) is 0.394. The summed E-state index contributed by atoms with van der Waals surface area (Å²) in [6.45, 7) is 6.41. The predicted octanol–water partition coefficient (Wildman–Crippen LogP) is 6.45. The first kappa shape index (κ1) is 28.3. The van der Waals surface area contributed by atoms with E-state index in [2.05, 4.69) is 36.2 Å². The maximum absolute atomic E-state index is 13.5. The Labute approximate surface area is 249 Å². The van der Waals surface area contributed by atoms with E-state index in [4.69, 9.17) is 9.72 Å². The van der Waals surface area contributed by atoms with Crippen LogP contribution in [-0.2, 0) is 20.9 Å². The summed E-state index contributed by atoms with van der Waals surface area (Å²) in [4.78, 5) is 37.7. The van der Waals surface area contributed by atoms with E-state index in [0.29, 0.717) is 32.2 Å². The maximum atomic E-state index is 13.5. The van der Waals surface area contributed by atoms with Gasteiger partial charge in [0.15, 0.2) is 0 Å². The molecule has 3 aromatic heterocycles. The second kappa shape index (κ2) is 12.2. The number of carbonyl (C=O) groups is 2. The molecule has 1 saturated heterocycles. The maximum Gasteiger partial charge on any atom is 0.328 e. The highest BCUT2D eigenvalue weighted by atomic mass is 32.1. The van der Waals surface area contributed by atoms with Crippen LogP contribution in [0.4, 0.5) is 0 Å². The Morgan fingerprint density at radius 2 is 1.83 bits per heavy atom. The molecule has 2 aliphatic rings. The van der Waals surface area contributed by atoms with Crippen molar-refractivity contribution >= 4 is 40.2 Å². The van der Waals surface area contributed by atoms with Gasteiger partial charge < -0.3 is 19.3 Å². The van der Waals surface area contributed by atoms with Crippen LogP contribution in [-0.4, -0.2) is 62.7 Å². The minimum atomic E-state index is -1.01. The molecular formula is C33H36N4O4S. The van der Waals surface area contributed by atoms with Gasteiger partial charge in [0.05, 0.1) is 35.1 Å². The summed E-state index contributed by atoms with van der Waals surface area (Å²) in [6.07, 6.45) is 8.52. The van der Waals surface area contributed by atoms with Crippen LogP contribution in [0.5, 0.6) is 0 Å². The number of amides is 1. The van der Waals surface area contributed by atoms with E-state index < -0.39 is 5.97 Å². The molecule has 0 bridgehead atoms. The lowest BCUT2D eigenvalue weighted by atomic mass is 9.83. The Kier molecular flexibility index (Phi) is 8.22. The van der Waals surface area contributed by atoms with Crippen LogP contribution in [0.25, 0.3) is 39.6 Å². The molecule has 8 nitrogen and oxygen atoms in total. The molecular weight excluding hydrogens is 548 g/mol. The molecule has 1 aromatic carbocycles. The molecule has 9 heteroatoms. The largest absolute Gasteiger partial charge is 0.478 e. The zero-order chi connectivity index (χ0) is 29.2. The molecule has 0 unspecified atom stereocenters. The molecule has 1 saturated carbocycles. The number of benzene rings is 1. The number of pyridine rings is 1. The van der Waals surface area contributed by atoms with Gasteiger partial charge in [-0.1, -0.05) is 31.4 Å². The molecule has 0 spiro atoms. The molecule has 1 N–H and O–H groups in total. The fourth-order valence-corrected chi connectivity index (χ4v) is 7.15. The first-order chi connectivity index (χ1) is 20.4. The lowest BCUT2D eigenvalue weighted by molar-refractivity contribution is -0.136. The lowest BCUT2D eigenvalue weighted by Gasteiger charge is -2.28. The molecule has 6 rings (SSSR count). The van der Waals surface area contributed by atoms with Gasteiger partial charge in [-0.15, -0.1) is 11.3 Å². The standard InChI is InChI=1S/C33H36N4O4S/c1-21-32(34-22(2)42-21)29-12-8-24-18-25(9-11-28(24)35-29)33-27(23-6-4-3-5-7-23)19-26(10-13-31(39)40)37(33)20-30(38)36-14-16-41-17-15-36/h8-13,18-19,23H,3-7,14-17,20H2,1-2H3,(H,39,40)/b13-10+. The highest BCUT2D eigenvalue weighted by molar-refractivity contribution is 7.11. The summed E-state index contributed by atoms with van der Waals surface area (Å²) in [5.41, 5.74) is 6.58. The molecule has 0 atom stereocenters. The first-order valence-corrected chi connectivity index (χ1v) is 15.5. The van der Waals surface area contributed by atoms with Crippen molar-refractivity contribution in [1.82, 2.24) is 19.4 Å². The number of thiazole rings is 1. The van der Waals surface area contributed by atoms with Gasteiger partial charge in [-0.3, -0.25) is 4.79 Å². The van der Waals surface area contributed by atoms with Crippen molar-refractivity contribution in [2.45, 2.75) is 58.4 Å². The zero-order valence-electron chi connectivity index (χ0n) is 24.1. The summed E-state index contributed by atoms with van der Waals surface area (Å²) >= 11 is 1.67. The normalized spacial score (nSPS) is 16.5. The van der Waals surface area contributed by atoms with Crippen molar-refractivity contribution in [2.75, 3.05) is 26.3 Å². The number of carboxylic acid groups (broad SMARTS) is 1. The summed E-state index contributed by atoms with van der Waals surface area (Å²) in [6, 6.07) is 12.5. The number of aromatic nitrogens is 3. The Hall–Kier alpha value is -3.82. The van der Waals surface area contributed by atoms with Crippen LogP contribution in [0.2, 0.25) is 0 Å². The van der Waals surface area contributed by atoms with Gasteiger partial charge in [0, 0.05) is 35.1 Å². The van der Waals surface area contributed by atoms with Gasteiger partial charge in [0.2, 0.25) is 5.91 Å². The van der Waals surface area contributed by atoms with Gasteiger partial charge in [0.1, 0.15) is 12.2 Å². The number of aryl methyl sites for hydroxylation is 2. The third-order valence-corrected chi connectivity index (χ3v) is 9.25. The number of nitrogens with zero attached hydrogens (tertiary/aromatic N) is 4. The van der Waals surface area contributed by atoms with Crippen molar-refractivity contribution < 1.29 is 19.4 Å². The Bertz CT molecular complexity index is 1660. The van der Waals surface area contributed by atoms with Gasteiger partial charge in [0.25, 0.3) is 0 Å². The third-order valence-electron chi connectivity index (χ3n) is 8.37. The zero-order valence-corrected chi connectivity index (χ0v) is 25.0. The predicted molar refractivity (Wildman–Crippen MR) is 166 cm³/mol. The average molecular weight is 585 g/mol. The first-order valence-electron chi connectivity index (χ1n) is 14.7. The summed E-state index contributed by atoms with van der Waals surface area (Å²) in [5, 5.41) is 11.5. The van der Waals surface area contributed by atoms with Crippen LogP contribution >= 0.6 is 11.3 Å². The topological polar surface area (TPSA) is 97.5 Å². The molecule has 2 fully saturated rings. The molecule has 218 valence electrons. The third kappa shape index (κ3) is 5.89. The quantitative estimate of drug-likeness (QED) is 0.251. The van der Waals surface area contributed by atoms with Crippen molar-refractivity contribution in [3.8, 4) is 22.6 Å². The van der Waals surface area contributed by atoms with E-state index in [9.17, 15) is 14.7 Å². The van der Waals surface area contributed by atoms with Gasteiger partial charge in [-0.25, -0.2) is 14.8 Å². The molecule has 1 aliphatic carbocycles. The van der Waals surface area contributed by atoms with E-state index in [-0.39, 0.29) is 12.5 Å². The number of carbonyl (C=O) groups excluding carboxylic acids is 1. The highest BCUT2D eigenvalue weighted by Crippen LogP contribution is 2.41. The van der Waals surface area contributed by atoms with E-state index >= 15 is 0 Å². The van der Waals surface area contributed by atoms with Crippen LogP contribution in [0.3, 0.4) is 0 Å². The monoisotopic (exact) mass is 584 g/mol. The molecule has 0 radical (unpaired) electrons. The van der Waals surface area contributed by atoms with E-state index in [1.165, 1.54) is 24.8 Å². The van der Waals surface area contributed by atoms with Crippen LogP contribution < -0.4 is 0 Å². The van der Waals surface area contributed by atoms with Crippen molar-refractivity contribution in [3.63, 3.8) is 0 Å². The number of ether oxygens (including phenoxy) is 1. The Morgan fingerprint density at radius 1 is 1.05 bits per heavy atom. The van der Waals surface area contributed by atoms with E-state index in [1.54, 1.807) is 17.4 Å². The summed E-state index contributed by atoms with van der Waals surface area (Å²) in [5.74, 6) is -0.643. The summed E-state index contributed by atoms with van der Waals surface area (Å²) < 4.78 is 7.48. The van der Waals surface area contributed by atoms with Crippen LogP contribution in [0, 0.1) is 13.8 Å². The van der Waals surface area contributed by atoms with Gasteiger partial charge in [-0.2, -0.15) is 0 Å². The molecule has 4 aromatic rings. The highest BCUT2D eigenvalue weighted by Gasteiger charge is 2.27. The number of hydrogen-bond donors (Lipinski definition) is 1. The number of hydrogen-bond acceptors (Lipinski definition) is 6. The number of aliphatic carboxylic acids is 1. The van der Waals surface area contributed by atoms with Crippen molar-refractivity contribution in [1.29, 1.82) is 0 Å². The van der Waals surface area contributed by atoms with Crippen molar-refractivity contribution in [3.05, 3.63) is 63.6 Å². The minimum absolute atomic E-state index is 0.0105. The van der Waals surface area contributed by atoms with Gasteiger partial charge in [-0.05, 0) is 74.1 Å². The van der Waals surface area contributed by atoms with Crippen LogP contribution in [0.15, 0.2) is 42.5 Å². The Morgan fingerprint density at radius 3 is 2.55 bits per heavy atom. The van der Waals surface area contributed by atoms with Crippen LogP contribution in [0.1, 0.15) is 59.2 Å². The number of morpholine rings is 1. The molecule has 1 aliphatic heterocycles. The number of rotatable bonds is 7. The van der Waals surface area contributed by atoms with E-state index in [1.807, 2.05) is 28.5 Å². The van der Waals surface area contributed by atoms with E-state index in [0.717, 1.165) is 68.0 Å².